The first-order valence-corrected chi connectivity index (χ1v) is 7.56. The average molecular weight is 300 g/mol. The van der Waals surface area contributed by atoms with Crippen LogP contribution in [0.4, 0.5) is 0 Å². The van der Waals surface area contributed by atoms with E-state index >= 15 is 0 Å². The van der Waals surface area contributed by atoms with E-state index in [1.807, 2.05) is 36.4 Å². The van der Waals surface area contributed by atoms with Gasteiger partial charge in [0.2, 0.25) is 0 Å². The zero-order chi connectivity index (χ0) is 13.0. The minimum atomic E-state index is 0.246. The molecule has 2 rings (SSSR count). The van der Waals surface area contributed by atoms with Crippen LogP contribution in [-0.4, -0.2) is 13.7 Å². The quantitative estimate of drug-likeness (QED) is 0.840. The SMILES string of the molecule is COc1ccc(SC(CN)c2ccc(Cl)s2)cc1. The van der Waals surface area contributed by atoms with Gasteiger partial charge in [0.1, 0.15) is 5.75 Å². The third-order valence-corrected chi connectivity index (χ3v) is 5.23. The lowest BCUT2D eigenvalue weighted by Gasteiger charge is -2.12. The summed E-state index contributed by atoms with van der Waals surface area (Å²) < 4.78 is 5.94. The van der Waals surface area contributed by atoms with Crippen LogP contribution in [-0.2, 0) is 0 Å². The molecule has 0 amide bonds. The largest absolute Gasteiger partial charge is 0.497 e. The van der Waals surface area contributed by atoms with Crippen molar-refractivity contribution in [2.75, 3.05) is 13.7 Å². The Morgan fingerprint density at radius 1 is 1.28 bits per heavy atom. The lowest BCUT2D eigenvalue weighted by Crippen LogP contribution is -2.07. The zero-order valence-corrected chi connectivity index (χ0v) is 12.3. The Balaban J connectivity index is 2.10. The second-order valence-corrected chi connectivity index (χ2v) is 6.68. The van der Waals surface area contributed by atoms with E-state index < -0.39 is 0 Å². The van der Waals surface area contributed by atoms with Crippen molar-refractivity contribution in [1.82, 2.24) is 0 Å². The highest BCUT2D eigenvalue weighted by Gasteiger charge is 2.13. The second-order valence-electron chi connectivity index (χ2n) is 3.66. The molecular weight excluding hydrogens is 286 g/mol. The van der Waals surface area contributed by atoms with Gasteiger partial charge in [0.25, 0.3) is 0 Å². The highest BCUT2D eigenvalue weighted by molar-refractivity contribution is 7.99. The fraction of sp³-hybridized carbons (Fsp3) is 0.231. The van der Waals surface area contributed by atoms with Crippen molar-refractivity contribution in [3.05, 3.63) is 45.6 Å². The molecule has 0 saturated carbocycles. The van der Waals surface area contributed by atoms with Crippen LogP contribution in [0.25, 0.3) is 0 Å². The number of thioether (sulfide) groups is 1. The Bertz CT molecular complexity index is 498. The molecule has 1 heterocycles. The van der Waals surface area contributed by atoms with Crippen LogP contribution < -0.4 is 10.5 Å². The van der Waals surface area contributed by atoms with Gasteiger partial charge in [-0.3, -0.25) is 0 Å². The second kappa shape index (κ2) is 6.48. The van der Waals surface area contributed by atoms with Gasteiger partial charge in [-0.2, -0.15) is 0 Å². The molecule has 2 N–H and O–H groups in total. The summed E-state index contributed by atoms with van der Waals surface area (Å²) in [4.78, 5) is 2.39. The number of hydrogen-bond donors (Lipinski definition) is 1. The van der Waals surface area contributed by atoms with Crippen LogP contribution >= 0.6 is 34.7 Å². The summed E-state index contributed by atoms with van der Waals surface area (Å²) in [6, 6.07) is 12.0. The molecule has 0 aliphatic heterocycles. The fourth-order valence-corrected chi connectivity index (χ4v) is 3.80. The van der Waals surface area contributed by atoms with E-state index in [2.05, 4.69) is 0 Å². The number of rotatable bonds is 5. The summed E-state index contributed by atoms with van der Waals surface area (Å²) in [6.45, 7) is 0.591. The topological polar surface area (TPSA) is 35.2 Å². The van der Waals surface area contributed by atoms with Crippen molar-refractivity contribution in [3.8, 4) is 5.75 Å². The van der Waals surface area contributed by atoms with Gasteiger partial charge in [0, 0.05) is 16.3 Å². The van der Waals surface area contributed by atoms with Gasteiger partial charge >= 0.3 is 0 Å². The smallest absolute Gasteiger partial charge is 0.118 e. The van der Waals surface area contributed by atoms with Crippen LogP contribution in [0.2, 0.25) is 4.34 Å². The molecule has 2 nitrogen and oxygen atoms in total. The van der Waals surface area contributed by atoms with Gasteiger partial charge < -0.3 is 10.5 Å². The Kier molecular flexibility index (Phi) is 4.95. The predicted octanol–water partition coefficient (Wildman–Crippen LogP) is 4.20. The molecule has 1 unspecified atom stereocenters. The molecule has 18 heavy (non-hydrogen) atoms. The number of thiophene rings is 1. The molecule has 0 bridgehead atoms. The molecule has 0 saturated heterocycles. The monoisotopic (exact) mass is 299 g/mol. The highest BCUT2D eigenvalue weighted by atomic mass is 35.5. The maximum absolute atomic E-state index is 5.96. The number of nitrogens with two attached hydrogens (primary N) is 1. The first kappa shape index (κ1) is 13.7. The van der Waals surface area contributed by atoms with E-state index in [1.54, 1.807) is 30.2 Å². The van der Waals surface area contributed by atoms with E-state index in [9.17, 15) is 0 Å². The van der Waals surface area contributed by atoms with Crippen LogP contribution in [0.3, 0.4) is 0 Å². The first-order chi connectivity index (χ1) is 8.72. The molecule has 1 aromatic heterocycles. The van der Waals surface area contributed by atoms with Crippen molar-refractivity contribution in [3.63, 3.8) is 0 Å². The predicted molar refractivity (Wildman–Crippen MR) is 80.0 cm³/mol. The van der Waals surface area contributed by atoms with Gasteiger partial charge in [-0.25, -0.2) is 0 Å². The van der Waals surface area contributed by atoms with Crippen molar-refractivity contribution in [2.45, 2.75) is 10.1 Å². The summed E-state index contributed by atoms with van der Waals surface area (Å²) in [5.41, 5.74) is 5.84. The van der Waals surface area contributed by atoms with E-state index in [0.29, 0.717) is 6.54 Å². The zero-order valence-electron chi connectivity index (χ0n) is 9.93. The van der Waals surface area contributed by atoms with Crippen molar-refractivity contribution in [1.29, 1.82) is 0 Å². The van der Waals surface area contributed by atoms with Crippen LogP contribution in [0.5, 0.6) is 5.75 Å². The molecular formula is C13H14ClNOS2. The third-order valence-electron chi connectivity index (χ3n) is 2.46. The van der Waals surface area contributed by atoms with Crippen LogP contribution in [0.1, 0.15) is 10.1 Å². The molecule has 2 aromatic rings. The standard InChI is InChI=1S/C13H14ClNOS2/c1-16-9-2-4-10(5-3-9)17-12(8-15)11-6-7-13(14)18-11/h2-7,12H,8,15H2,1H3. The van der Waals surface area contributed by atoms with Gasteiger partial charge in [0.05, 0.1) is 16.7 Å². The van der Waals surface area contributed by atoms with Crippen molar-refractivity contribution in [2.24, 2.45) is 5.73 Å². The van der Waals surface area contributed by atoms with Crippen LogP contribution in [0, 0.1) is 0 Å². The Morgan fingerprint density at radius 3 is 2.50 bits per heavy atom. The summed E-state index contributed by atoms with van der Waals surface area (Å²) in [7, 11) is 1.67. The Hall–Kier alpha value is -0.680. The number of methoxy groups -OCH3 is 1. The maximum Gasteiger partial charge on any atom is 0.118 e. The third kappa shape index (κ3) is 3.42. The lowest BCUT2D eigenvalue weighted by molar-refractivity contribution is 0.414. The molecule has 96 valence electrons. The summed E-state index contributed by atoms with van der Waals surface area (Å²) >= 11 is 9.29. The molecule has 1 aromatic carbocycles. The molecule has 0 aliphatic carbocycles. The van der Waals surface area contributed by atoms with E-state index in [-0.39, 0.29) is 5.25 Å². The number of halogens is 1. The van der Waals surface area contributed by atoms with Gasteiger partial charge in [-0.05, 0) is 36.4 Å². The first-order valence-electron chi connectivity index (χ1n) is 5.49. The normalized spacial score (nSPS) is 12.4. The molecule has 5 heteroatoms. The van der Waals surface area contributed by atoms with Gasteiger partial charge in [0.15, 0.2) is 0 Å². The molecule has 0 fully saturated rings. The highest BCUT2D eigenvalue weighted by Crippen LogP contribution is 2.39. The molecule has 0 spiro atoms. The van der Waals surface area contributed by atoms with E-state index in [0.717, 1.165) is 10.1 Å². The summed E-state index contributed by atoms with van der Waals surface area (Å²) in [5.74, 6) is 0.864. The number of ether oxygens (including phenoxy) is 1. The number of benzene rings is 1. The Labute approximate surface area is 120 Å². The fourth-order valence-electron chi connectivity index (χ4n) is 1.54. The molecule has 0 radical (unpaired) electrons. The minimum absolute atomic E-state index is 0.246. The van der Waals surface area contributed by atoms with Gasteiger partial charge in [-0.1, -0.05) is 11.6 Å². The van der Waals surface area contributed by atoms with E-state index in [4.69, 9.17) is 22.1 Å². The lowest BCUT2D eigenvalue weighted by atomic mass is 10.3. The van der Waals surface area contributed by atoms with Gasteiger partial charge in [-0.15, -0.1) is 23.1 Å². The number of hydrogen-bond acceptors (Lipinski definition) is 4. The summed E-state index contributed by atoms with van der Waals surface area (Å²) in [6.07, 6.45) is 0. The minimum Gasteiger partial charge on any atom is -0.497 e. The molecule has 0 aliphatic rings. The van der Waals surface area contributed by atoms with Crippen LogP contribution in [0.15, 0.2) is 41.3 Å². The van der Waals surface area contributed by atoms with Crippen molar-refractivity contribution < 1.29 is 4.74 Å². The summed E-state index contributed by atoms with van der Waals surface area (Å²) in [5, 5.41) is 0.246. The van der Waals surface area contributed by atoms with Crippen molar-refractivity contribution >= 4 is 34.7 Å². The average Bonchev–Trinajstić information content (AvgIpc) is 2.83. The van der Waals surface area contributed by atoms with E-state index in [1.165, 1.54) is 9.77 Å². The Morgan fingerprint density at radius 2 is 2.00 bits per heavy atom. The maximum atomic E-state index is 5.96. The molecule has 1 atom stereocenters.